The first-order chi connectivity index (χ1) is 9.63. The highest BCUT2D eigenvalue weighted by molar-refractivity contribution is 5.94. The molecule has 1 amide bonds. The Bertz CT molecular complexity index is 556. The van der Waals surface area contributed by atoms with Gasteiger partial charge < -0.3 is 10.0 Å². The van der Waals surface area contributed by atoms with Crippen LogP contribution < -0.4 is 0 Å². The zero-order valence-electron chi connectivity index (χ0n) is 11.1. The van der Waals surface area contributed by atoms with Crippen LogP contribution in [0.15, 0.2) is 18.2 Å². The molecule has 1 N–H and O–H groups in total. The van der Waals surface area contributed by atoms with Gasteiger partial charge in [-0.25, -0.2) is 9.78 Å². The lowest BCUT2D eigenvalue weighted by molar-refractivity contribution is 0.0688. The van der Waals surface area contributed by atoms with Crippen molar-refractivity contribution in [2.75, 3.05) is 6.54 Å². The van der Waals surface area contributed by atoms with Gasteiger partial charge in [0.2, 0.25) is 0 Å². The average Bonchev–Trinajstić information content (AvgIpc) is 2.98. The molecule has 0 saturated heterocycles. The van der Waals surface area contributed by atoms with Crippen LogP contribution in [-0.4, -0.2) is 39.5 Å². The maximum atomic E-state index is 12.5. The first kappa shape index (κ1) is 14.1. The van der Waals surface area contributed by atoms with Crippen LogP contribution in [0.1, 0.15) is 46.7 Å². The Morgan fingerprint density at radius 3 is 2.60 bits per heavy atom. The van der Waals surface area contributed by atoms with E-state index in [-0.39, 0.29) is 29.9 Å². The maximum absolute atomic E-state index is 12.5. The smallest absolute Gasteiger partial charge is 0.354 e. The zero-order valence-corrected chi connectivity index (χ0v) is 11.1. The molecule has 1 fully saturated rings. The first-order valence-electron chi connectivity index (χ1n) is 6.58. The molecule has 1 aliphatic rings. The largest absolute Gasteiger partial charge is 0.477 e. The quantitative estimate of drug-likeness (QED) is 0.848. The lowest BCUT2D eigenvalue weighted by Crippen LogP contribution is -2.39. The van der Waals surface area contributed by atoms with E-state index in [1.165, 1.54) is 18.2 Å². The molecule has 0 bridgehead atoms. The second kappa shape index (κ2) is 6.20. The standard InChI is InChI=1S/C15H16N2O3/c1-2-10-17(11-6-3-4-7-11)14(18)12-8-5-9-13(16-12)15(19)20/h1,5,8-9,11H,3-4,6-7,10H2,(H,19,20). The van der Waals surface area contributed by atoms with Crippen molar-refractivity contribution in [3.63, 3.8) is 0 Å². The number of carbonyl (C=O) groups is 2. The van der Waals surface area contributed by atoms with Crippen LogP contribution in [0.4, 0.5) is 0 Å². The Kier molecular flexibility index (Phi) is 4.36. The Balaban J connectivity index is 2.25. The fourth-order valence-electron chi connectivity index (χ4n) is 2.50. The van der Waals surface area contributed by atoms with E-state index in [1.54, 1.807) is 4.90 Å². The van der Waals surface area contributed by atoms with Gasteiger partial charge in [-0.3, -0.25) is 4.79 Å². The number of aromatic carboxylic acids is 1. The number of terminal acetylenes is 1. The van der Waals surface area contributed by atoms with Crippen molar-refractivity contribution >= 4 is 11.9 Å². The first-order valence-corrected chi connectivity index (χ1v) is 6.58. The predicted molar refractivity (Wildman–Crippen MR) is 73.3 cm³/mol. The highest BCUT2D eigenvalue weighted by Crippen LogP contribution is 2.24. The van der Waals surface area contributed by atoms with Gasteiger partial charge in [0.25, 0.3) is 5.91 Å². The number of rotatable bonds is 4. The molecule has 5 nitrogen and oxygen atoms in total. The third-order valence-electron chi connectivity index (χ3n) is 3.48. The van der Waals surface area contributed by atoms with Crippen molar-refractivity contribution < 1.29 is 14.7 Å². The van der Waals surface area contributed by atoms with E-state index < -0.39 is 5.97 Å². The summed E-state index contributed by atoms with van der Waals surface area (Å²) in [5, 5.41) is 8.92. The molecule has 20 heavy (non-hydrogen) atoms. The minimum Gasteiger partial charge on any atom is -0.477 e. The summed E-state index contributed by atoms with van der Waals surface area (Å²) in [5.41, 5.74) is -0.00465. The van der Waals surface area contributed by atoms with Crippen molar-refractivity contribution in [2.45, 2.75) is 31.7 Å². The number of carboxylic acid groups (broad SMARTS) is 1. The van der Waals surface area contributed by atoms with E-state index in [4.69, 9.17) is 11.5 Å². The molecular formula is C15H16N2O3. The second-order valence-electron chi connectivity index (χ2n) is 4.79. The molecule has 0 atom stereocenters. The summed E-state index contributed by atoms with van der Waals surface area (Å²) in [6.45, 7) is 0.225. The molecule has 104 valence electrons. The minimum absolute atomic E-state index is 0.132. The van der Waals surface area contributed by atoms with Crippen LogP contribution in [-0.2, 0) is 0 Å². The van der Waals surface area contributed by atoms with E-state index >= 15 is 0 Å². The predicted octanol–water partition coefficient (Wildman–Crippen LogP) is 1.80. The number of aromatic nitrogens is 1. The topological polar surface area (TPSA) is 70.5 Å². The van der Waals surface area contributed by atoms with Gasteiger partial charge in [0.15, 0.2) is 0 Å². The van der Waals surface area contributed by atoms with Crippen molar-refractivity contribution in [3.8, 4) is 12.3 Å². The maximum Gasteiger partial charge on any atom is 0.354 e. The molecule has 1 aliphatic carbocycles. The summed E-state index contributed by atoms with van der Waals surface area (Å²) in [4.78, 5) is 28.9. The molecule has 0 aromatic carbocycles. The van der Waals surface area contributed by atoms with Gasteiger partial charge in [0.1, 0.15) is 11.4 Å². The van der Waals surface area contributed by atoms with E-state index in [2.05, 4.69) is 10.9 Å². The van der Waals surface area contributed by atoms with Gasteiger partial charge in [-0.1, -0.05) is 24.8 Å². The molecule has 1 aromatic heterocycles. The monoisotopic (exact) mass is 272 g/mol. The van der Waals surface area contributed by atoms with Crippen LogP contribution in [0.2, 0.25) is 0 Å². The number of pyridine rings is 1. The summed E-state index contributed by atoms with van der Waals surface area (Å²) >= 11 is 0. The fraction of sp³-hybridized carbons (Fsp3) is 0.400. The van der Waals surface area contributed by atoms with Crippen LogP contribution in [0.5, 0.6) is 0 Å². The number of carbonyl (C=O) groups excluding carboxylic acids is 1. The Hall–Kier alpha value is -2.35. The molecule has 0 spiro atoms. The zero-order chi connectivity index (χ0) is 14.5. The molecule has 0 unspecified atom stereocenters. The molecular weight excluding hydrogens is 256 g/mol. The van der Waals surface area contributed by atoms with Crippen LogP contribution >= 0.6 is 0 Å². The normalized spacial score (nSPS) is 14.8. The number of hydrogen-bond donors (Lipinski definition) is 1. The Morgan fingerprint density at radius 2 is 2.00 bits per heavy atom. The molecule has 0 radical (unpaired) electrons. The van der Waals surface area contributed by atoms with Gasteiger partial charge in [-0.05, 0) is 25.0 Å². The number of carboxylic acids is 1. The van der Waals surface area contributed by atoms with Gasteiger partial charge in [0.05, 0.1) is 6.54 Å². The molecule has 5 heteroatoms. The molecule has 1 heterocycles. The van der Waals surface area contributed by atoms with E-state index in [0.717, 1.165) is 25.7 Å². The number of amides is 1. The molecule has 2 rings (SSSR count). The third-order valence-corrected chi connectivity index (χ3v) is 3.48. The Morgan fingerprint density at radius 1 is 1.35 bits per heavy atom. The van der Waals surface area contributed by atoms with Gasteiger partial charge in [0, 0.05) is 6.04 Å². The van der Waals surface area contributed by atoms with Crippen LogP contribution in [0, 0.1) is 12.3 Å². The van der Waals surface area contributed by atoms with Gasteiger partial charge in [-0.2, -0.15) is 0 Å². The fourth-order valence-corrected chi connectivity index (χ4v) is 2.50. The molecule has 0 aliphatic heterocycles. The third kappa shape index (κ3) is 2.97. The van der Waals surface area contributed by atoms with Crippen LogP contribution in [0.3, 0.4) is 0 Å². The second-order valence-corrected chi connectivity index (χ2v) is 4.79. The number of nitrogens with zero attached hydrogens (tertiary/aromatic N) is 2. The van der Waals surface area contributed by atoms with Gasteiger partial charge >= 0.3 is 5.97 Å². The average molecular weight is 272 g/mol. The Labute approximate surface area is 117 Å². The molecule has 1 aromatic rings. The van der Waals surface area contributed by atoms with Crippen molar-refractivity contribution in [1.82, 2.24) is 9.88 Å². The van der Waals surface area contributed by atoms with Crippen LogP contribution in [0.25, 0.3) is 0 Å². The highest BCUT2D eigenvalue weighted by atomic mass is 16.4. The number of hydrogen-bond acceptors (Lipinski definition) is 3. The summed E-state index contributed by atoms with van der Waals surface area (Å²) in [5.74, 6) is 1.05. The van der Waals surface area contributed by atoms with Crippen molar-refractivity contribution in [1.29, 1.82) is 0 Å². The van der Waals surface area contributed by atoms with E-state index in [0.29, 0.717) is 0 Å². The van der Waals surface area contributed by atoms with Gasteiger partial charge in [-0.15, -0.1) is 6.42 Å². The SMILES string of the molecule is C#CCN(C(=O)c1cccc(C(=O)O)n1)C1CCCC1. The van der Waals surface area contributed by atoms with Crippen molar-refractivity contribution in [3.05, 3.63) is 29.6 Å². The van der Waals surface area contributed by atoms with E-state index in [9.17, 15) is 9.59 Å². The molecule has 1 saturated carbocycles. The summed E-state index contributed by atoms with van der Waals surface area (Å²) in [7, 11) is 0. The van der Waals surface area contributed by atoms with E-state index in [1.807, 2.05) is 0 Å². The lowest BCUT2D eigenvalue weighted by Gasteiger charge is -2.26. The lowest BCUT2D eigenvalue weighted by atomic mass is 10.2. The summed E-state index contributed by atoms with van der Waals surface area (Å²) in [6.07, 6.45) is 9.38. The minimum atomic E-state index is -1.15. The summed E-state index contributed by atoms with van der Waals surface area (Å²) in [6, 6.07) is 4.54. The highest BCUT2D eigenvalue weighted by Gasteiger charge is 2.27. The summed E-state index contributed by atoms with van der Waals surface area (Å²) < 4.78 is 0. The van der Waals surface area contributed by atoms with Crippen molar-refractivity contribution in [2.24, 2.45) is 0 Å².